The van der Waals surface area contributed by atoms with Crippen LogP contribution in [0.25, 0.3) is 0 Å². The first-order chi connectivity index (χ1) is 12.9. The molecule has 1 aromatic rings. The van der Waals surface area contributed by atoms with Crippen LogP contribution in [0.4, 0.5) is 0 Å². The van der Waals surface area contributed by atoms with E-state index in [4.69, 9.17) is 0 Å². The zero-order valence-electron chi connectivity index (χ0n) is 17.1. The normalized spacial score (nSPS) is 20.6. The first-order valence-electron chi connectivity index (χ1n) is 10.7. The lowest BCUT2D eigenvalue weighted by molar-refractivity contribution is 0.0642. The van der Waals surface area contributed by atoms with E-state index in [2.05, 4.69) is 10.2 Å². The second-order valence-electron chi connectivity index (χ2n) is 9.17. The fourth-order valence-corrected chi connectivity index (χ4v) is 4.67. The molecule has 4 heteroatoms. The number of benzene rings is 1. The van der Waals surface area contributed by atoms with Crippen molar-refractivity contribution in [3.63, 3.8) is 0 Å². The van der Waals surface area contributed by atoms with Gasteiger partial charge in [0.05, 0.1) is 5.60 Å². The number of piperidine rings is 1. The SMILES string of the molecule is CC(C)(O)CCc1cccc(C(=O)NCC2(N3CCCCC3)CCCC2)c1. The topological polar surface area (TPSA) is 52.6 Å². The molecule has 1 amide bonds. The predicted octanol–water partition coefficient (Wildman–Crippen LogP) is 3.92. The second-order valence-corrected chi connectivity index (χ2v) is 9.17. The Kier molecular flexibility index (Phi) is 6.59. The minimum atomic E-state index is -0.679. The lowest BCUT2D eigenvalue weighted by Crippen LogP contribution is -2.55. The Morgan fingerprint density at radius 3 is 2.52 bits per heavy atom. The molecule has 1 saturated carbocycles. The minimum absolute atomic E-state index is 0.0309. The molecule has 2 fully saturated rings. The highest BCUT2D eigenvalue weighted by Crippen LogP contribution is 2.36. The molecule has 1 aliphatic carbocycles. The molecular formula is C23H36N2O2. The molecule has 150 valence electrons. The molecule has 1 aromatic carbocycles. The summed E-state index contributed by atoms with van der Waals surface area (Å²) in [5.74, 6) is 0.0309. The predicted molar refractivity (Wildman–Crippen MR) is 110 cm³/mol. The Labute approximate surface area is 164 Å². The van der Waals surface area contributed by atoms with E-state index in [-0.39, 0.29) is 11.4 Å². The quantitative estimate of drug-likeness (QED) is 0.763. The van der Waals surface area contributed by atoms with E-state index < -0.39 is 5.60 Å². The van der Waals surface area contributed by atoms with Crippen molar-refractivity contribution < 1.29 is 9.90 Å². The third kappa shape index (κ3) is 5.55. The van der Waals surface area contributed by atoms with Gasteiger partial charge >= 0.3 is 0 Å². The number of carbonyl (C=O) groups is 1. The molecular weight excluding hydrogens is 336 g/mol. The summed E-state index contributed by atoms with van der Waals surface area (Å²) < 4.78 is 0. The number of nitrogens with one attached hydrogen (secondary N) is 1. The fourth-order valence-electron chi connectivity index (χ4n) is 4.67. The van der Waals surface area contributed by atoms with Crippen LogP contribution in [0.15, 0.2) is 24.3 Å². The van der Waals surface area contributed by atoms with Gasteiger partial charge in [-0.25, -0.2) is 0 Å². The molecule has 3 rings (SSSR count). The van der Waals surface area contributed by atoms with Crippen molar-refractivity contribution in [1.82, 2.24) is 10.2 Å². The first-order valence-corrected chi connectivity index (χ1v) is 10.7. The lowest BCUT2D eigenvalue weighted by atomic mass is 9.92. The number of aryl methyl sites for hydroxylation is 1. The summed E-state index contributed by atoms with van der Waals surface area (Å²) in [6.07, 6.45) is 10.4. The standard InChI is InChI=1S/C23H36N2O2/c1-22(2,27)14-11-19-9-8-10-20(17-19)21(26)24-18-23(12-4-5-13-23)25-15-6-3-7-16-25/h8-10,17,27H,3-7,11-16,18H2,1-2H3,(H,24,26). The first kappa shape index (κ1) is 20.3. The fraction of sp³-hybridized carbons (Fsp3) is 0.696. The Morgan fingerprint density at radius 1 is 1.15 bits per heavy atom. The number of hydrogen-bond acceptors (Lipinski definition) is 3. The third-order valence-electron chi connectivity index (χ3n) is 6.35. The van der Waals surface area contributed by atoms with Crippen LogP contribution in [0.1, 0.15) is 81.1 Å². The Hall–Kier alpha value is -1.39. The van der Waals surface area contributed by atoms with Gasteiger partial charge in [-0.15, -0.1) is 0 Å². The van der Waals surface area contributed by atoms with E-state index in [0.717, 1.165) is 24.1 Å². The van der Waals surface area contributed by atoms with Crippen molar-refractivity contribution in [2.75, 3.05) is 19.6 Å². The van der Waals surface area contributed by atoms with E-state index in [1.54, 1.807) is 0 Å². The van der Waals surface area contributed by atoms with E-state index in [9.17, 15) is 9.90 Å². The van der Waals surface area contributed by atoms with Crippen LogP contribution in [-0.2, 0) is 6.42 Å². The molecule has 1 heterocycles. The molecule has 27 heavy (non-hydrogen) atoms. The summed E-state index contributed by atoms with van der Waals surface area (Å²) in [7, 11) is 0. The Balaban J connectivity index is 1.61. The van der Waals surface area contributed by atoms with Gasteiger partial charge in [0.25, 0.3) is 5.91 Å². The smallest absolute Gasteiger partial charge is 0.251 e. The lowest BCUT2D eigenvalue weighted by Gasteiger charge is -2.43. The van der Waals surface area contributed by atoms with Crippen molar-refractivity contribution in [1.29, 1.82) is 0 Å². The van der Waals surface area contributed by atoms with Gasteiger partial charge in [-0.3, -0.25) is 9.69 Å². The number of amides is 1. The maximum absolute atomic E-state index is 12.8. The van der Waals surface area contributed by atoms with E-state index >= 15 is 0 Å². The number of aliphatic hydroxyl groups is 1. The molecule has 0 atom stereocenters. The molecule has 0 bridgehead atoms. The Bertz CT molecular complexity index is 624. The largest absolute Gasteiger partial charge is 0.390 e. The molecule has 4 nitrogen and oxygen atoms in total. The monoisotopic (exact) mass is 372 g/mol. The minimum Gasteiger partial charge on any atom is -0.390 e. The molecule has 0 spiro atoms. The molecule has 0 unspecified atom stereocenters. The zero-order chi connectivity index (χ0) is 19.3. The summed E-state index contributed by atoms with van der Waals surface area (Å²) >= 11 is 0. The van der Waals surface area contributed by atoms with Crippen molar-refractivity contribution in [2.24, 2.45) is 0 Å². The van der Waals surface area contributed by atoms with Gasteiger partial charge in [0.15, 0.2) is 0 Å². The maximum atomic E-state index is 12.8. The van der Waals surface area contributed by atoms with Gasteiger partial charge in [-0.1, -0.05) is 31.4 Å². The van der Waals surface area contributed by atoms with E-state index in [1.807, 2.05) is 38.1 Å². The van der Waals surface area contributed by atoms with Crippen molar-refractivity contribution >= 4 is 5.91 Å². The number of hydrogen-bond donors (Lipinski definition) is 2. The summed E-state index contributed by atoms with van der Waals surface area (Å²) in [5.41, 5.74) is 1.34. The Morgan fingerprint density at radius 2 is 1.85 bits per heavy atom. The van der Waals surface area contributed by atoms with Gasteiger partial charge in [0.1, 0.15) is 0 Å². The molecule has 2 aliphatic rings. The van der Waals surface area contributed by atoms with Crippen LogP contribution in [0.3, 0.4) is 0 Å². The van der Waals surface area contributed by atoms with Gasteiger partial charge in [0.2, 0.25) is 0 Å². The van der Waals surface area contributed by atoms with Gasteiger partial charge in [-0.2, -0.15) is 0 Å². The van der Waals surface area contributed by atoms with E-state index in [1.165, 1.54) is 58.0 Å². The summed E-state index contributed by atoms with van der Waals surface area (Å²) in [6, 6.07) is 7.85. The van der Waals surface area contributed by atoms with Gasteiger partial charge in [0, 0.05) is 17.6 Å². The molecule has 0 radical (unpaired) electrons. The third-order valence-corrected chi connectivity index (χ3v) is 6.35. The number of likely N-dealkylation sites (tertiary alicyclic amines) is 1. The second kappa shape index (κ2) is 8.74. The van der Waals surface area contributed by atoms with Gasteiger partial charge in [-0.05, 0) is 83.2 Å². The van der Waals surface area contributed by atoms with Gasteiger partial charge < -0.3 is 10.4 Å². The maximum Gasteiger partial charge on any atom is 0.251 e. The van der Waals surface area contributed by atoms with Crippen LogP contribution in [0, 0.1) is 0 Å². The molecule has 1 saturated heterocycles. The number of nitrogens with zero attached hydrogens (tertiary/aromatic N) is 1. The van der Waals surface area contributed by atoms with Crippen LogP contribution in [-0.4, -0.2) is 46.7 Å². The molecule has 2 N–H and O–H groups in total. The zero-order valence-corrected chi connectivity index (χ0v) is 17.1. The van der Waals surface area contributed by atoms with Crippen LogP contribution >= 0.6 is 0 Å². The molecule has 0 aromatic heterocycles. The summed E-state index contributed by atoms with van der Waals surface area (Å²) in [5, 5.41) is 13.2. The average Bonchev–Trinajstić information content (AvgIpc) is 3.15. The number of carbonyl (C=O) groups excluding carboxylic acids is 1. The summed E-state index contributed by atoms with van der Waals surface area (Å²) in [4.78, 5) is 15.5. The average molecular weight is 373 g/mol. The van der Waals surface area contributed by atoms with Crippen molar-refractivity contribution in [3.05, 3.63) is 35.4 Å². The highest BCUT2D eigenvalue weighted by atomic mass is 16.3. The highest BCUT2D eigenvalue weighted by molar-refractivity contribution is 5.94. The van der Waals surface area contributed by atoms with Crippen molar-refractivity contribution in [2.45, 2.75) is 82.8 Å². The summed E-state index contributed by atoms with van der Waals surface area (Å²) in [6.45, 7) is 6.78. The highest BCUT2D eigenvalue weighted by Gasteiger charge is 2.40. The molecule has 1 aliphatic heterocycles. The van der Waals surface area contributed by atoms with E-state index in [0.29, 0.717) is 6.42 Å². The van der Waals surface area contributed by atoms with Crippen LogP contribution in [0.5, 0.6) is 0 Å². The van der Waals surface area contributed by atoms with Crippen molar-refractivity contribution in [3.8, 4) is 0 Å². The number of rotatable bonds is 7. The van der Waals surface area contributed by atoms with Crippen LogP contribution < -0.4 is 5.32 Å². The van der Waals surface area contributed by atoms with Crippen LogP contribution in [0.2, 0.25) is 0 Å².